The normalized spacial score (nSPS) is 25.0. The number of anilines is 1. The lowest BCUT2D eigenvalue weighted by Crippen LogP contribution is -2.58. The molecule has 0 unspecified atom stereocenters. The van der Waals surface area contributed by atoms with Crippen molar-refractivity contribution in [2.24, 2.45) is 11.3 Å². The molecule has 3 aliphatic rings. The summed E-state index contributed by atoms with van der Waals surface area (Å²) >= 11 is 0. The molecule has 3 atom stereocenters. The molecule has 3 heterocycles. The van der Waals surface area contributed by atoms with Crippen molar-refractivity contribution in [3.8, 4) is 0 Å². The number of amides is 3. The molecule has 2 aromatic carbocycles. The van der Waals surface area contributed by atoms with E-state index in [1.165, 1.54) is 6.07 Å². The van der Waals surface area contributed by atoms with E-state index in [1.807, 2.05) is 30.3 Å². The van der Waals surface area contributed by atoms with Gasteiger partial charge in [0.25, 0.3) is 0 Å². The van der Waals surface area contributed by atoms with Crippen molar-refractivity contribution < 1.29 is 23.5 Å². The largest absolute Gasteiger partial charge is 0.381 e. The van der Waals surface area contributed by atoms with Gasteiger partial charge >= 0.3 is 0 Å². The number of carbonyl (C=O) groups excluding carboxylic acids is 3. The summed E-state index contributed by atoms with van der Waals surface area (Å²) in [5.41, 5.74) is 1.35. The average Bonchev–Trinajstić information content (AvgIpc) is 2.98. The second-order valence-electron chi connectivity index (χ2n) is 11.9. The van der Waals surface area contributed by atoms with Crippen molar-refractivity contribution in [2.45, 2.75) is 57.5 Å². The maximum absolute atomic E-state index is 13.9. The Balaban J connectivity index is 1.31. The molecule has 1 spiro atoms. The van der Waals surface area contributed by atoms with E-state index < -0.39 is 11.5 Å². The Morgan fingerprint density at radius 2 is 1.88 bits per heavy atom. The number of aryl methyl sites for hydroxylation is 1. The van der Waals surface area contributed by atoms with Crippen LogP contribution < -0.4 is 16.0 Å². The van der Waals surface area contributed by atoms with Crippen LogP contribution in [0.4, 0.5) is 10.1 Å². The quantitative estimate of drug-likeness (QED) is 0.471. The van der Waals surface area contributed by atoms with Crippen LogP contribution in [0.2, 0.25) is 0 Å². The molecule has 0 saturated carbocycles. The summed E-state index contributed by atoms with van der Waals surface area (Å²) < 4.78 is 19.5. The number of hydrogen-bond donors (Lipinski definition) is 3. The molecule has 0 aliphatic carbocycles. The first kappa shape index (κ1) is 29.9. The monoisotopic (exact) mass is 576 g/mol. The first-order valence-electron chi connectivity index (χ1n) is 15.0. The molecule has 2 fully saturated rings. The second-order valence-corrected chi connectivity index (χ2v) is 11.9. The minimum absolute atomic E-state index is 0.0840. The number of carbonyl (C=O) groups is 3. The molecule has 2 saturated heterocycles. The zero-order valence-corrected chi connectivity index (χ0v) is 24.2. The molecule has 5 rings (SSSR count). The molecule has 0 bridgehead atoms. The van der Waals surface area contributed by atoms with Crippen LogP contribution in [-0.2, 0) is 25.5 Å². The van der Waals surface area contributed by atoms with Gasteiger partial charge in [-0.25, -0.2) is 4.39 Å². The molecule has 2 aromatic rings. The van der Waals surface area contributed by atoms with Crippen molar-refractivity contribution in [2.75, 3.05) is 38.2 Å². The van der Waals surface area contributed by atoms with Gasteiger partial charge in [-0.3, -0.25) is 19.3 Å². The summed E-state index contributed by atoms with van der Waals surface area (Å²) in [6.45, 7) is 4.19. The zero-order valence-electron chi connectivity index (χ0n) is 24.2. The van der Waals surface area contributed by atoms with Gasteiger partial charge in [0, 0.05) is 44.5 Å². The number of benzene rings is 2. The molecule has 0 aromatic heterocycles. The summed E-state index contributed by atoms with van der Waals surface area (Å²) in [7, 11) is 0. The lowest BCUT2D eigenvalue weighted by atomic mass is 9.75. The number of hydrogen-bond acceptors (Lipinski definition) is 5. The standard InChI is InChI=1S/C33H41FN4O4/c1-23-10-11-26(20-27(23)34)35-30(39)22-38-16-12-28-25(21-38)9-5-6-13-33(14-17-42-18-15-33)32(41)37-29(31(40)36-28)19-24-7-3-2-4-8-24/h2-8,10-11,20,25,28-29H,9,12-19,21-22H2,1H3,(H,35,39)(H,36,40)(H,37,41)/t25-,28+,29-/m1/s1. The highest BCUT2D eigenvalue weighted by Gasteiger charge is 2.41. The van der Waals surface area contributed by atoms with Crippen molar-refractivity contribution in [3.05, 3.63) is 77.6 Å². The predicted octanol–water partition coefficient (Wildman–Crippen LogP) is 3.75. The van der Waals surface area contributed by atoms with Crippen molar-refractivity contribution in [1.29, 1.82) is 0 Å². The number of likely N-dealkylation sites (tertiary alicyclic amines) is 1. The number of piperidine rings is 1. The number of halogens is 1. The summed E-state index contributed by atoms with van der Waals surface area (Å²) in [6.07, 6.45) is 7.87. The Hall–Kier alpha value is -3.56. The van der Waals surface area contributed by atoms with Gasteiger partial charge in [-0.2, -0.15) is 0 Å². The van der Waals surface area contributed by atoms with E-state index in [9.17, 15) is 18.8 Å². The third-order valence-corrected chi connectivity index (χ3v) is 8.92. The maximum Gasteiger partial charge on any atom is 0.243 e. The van der Waals surface area contributed by atoms with E-state index >= 15 is 0 Å². The van der Waals surface area contributed by atoms with Crippen LogP contribution in [0.5, 0.6) is 0 Å². The van der Waals surface area contributed by atoms with Gasteiger partial charge in [-0.05, 0) is 68.2 Å². The molecule has 42 heavy (non-hydrogen) atoms. The van der Waals surface area contributed by atoms with Crippen LogP contribution in [0.3, 0.4) is 0 Å². The van der Waals surface area contributed by atoms with Crippen LogP contribution in [0.25, 0.3) is 0 Å². The van der Waals surface area contributed by atoms with Crippen LogP contribution in [0.1, 0.15) is 43.2 Å². The number of fused-ring (bicyclic) bond motifs is 1. The Kier molecular flexibility index (Phi) is 9.69. The van der Waals surface area contributed by atoms with Crippen LogP contribution in [0.15, 0.2) is 60.7 Å². The van der Waals surface area contributed by atoms with Crippen molar-refractivity contribution in [1.82, 2.24) is 15.5 Å². The fourth-order valence-electron chi connectivity index (χ4n) is 6.27. The molecular weight excluding hydrogens is 535 g/mol. The van der Waals surface area contributed by atoms with Gasteiger partial charge < -0.3 is 20.7 Å². The Labute approximate surface area is 247 Å². The van der Waals surface area contributed by atoms with Crippen molar-refractivity contribution >= 4 is 23.4 Å². The smallest absolute Gasteiger partial charge is 0.243 e. The number of nitrogens with one attached hydrogen (secondary N) is 3. The van der Waals surface area contributed by atoms with Crippen molar-refractivity contribution in [3.63, 3.8) is 0 Å². The lowest BCUT2D eigenvalue weighted by molar-refractivity contribution is -0.140. The number of nitrogens with zero attached hydrogens (tertiary/aromatic N) is 1. The second kappa shape index (κ2) is 13.6. The highest BCUT2D eigenvalue weighted by atomic mass is 19.1. The first-order valence-corrected chi connectivity index (χ1v) is 15.0. The summed E-state index contributed by atoms with van der Waals surface area (Å²) in [5, 5.41) is 9.19. The third kappa shape index (κ3) is 7.44. The third-order valence-electron chi connectivity index (χ3n) is 8.92. The minimum Gasteiger partial charge on any atom is -0.381 e. The number of rotatable bonds is 5. The van der Waals surface area contributed by atoms with E-state index in [-0.39, 0.29) is 42.0 Å². The highest BCUT2D eigenvalue weighted by molar-refractivity contribution is 5.92. The SMILES string of the molecule is Cc1ccc(NC(=O)CN2CC[C@@H]3NC(=O)[C@@H](Cc4ccccc4)NC(=O)C4(CC=CC[C@@H]3C2)CCOCC4)cc1F. The molecule has 3 N–H and O–H groups in total. The van der Waals surface area contributed by atoms with Gasteiger partial charge in [0.15, 0.2) is 0 Å². The molecule has 3 amide bonds. The van der Waals surface area contributed by atoms with Gasteiger partial charge in [0.1, 0.15) is 11.9 Å². The molecule has 0 radical (unpaired) electrons. The van der Waals surface area contributed by atoms with Crippen LogP contribution >= 0.6 is 0 Å². The molecule has 224 valence electrons. The fraction of sp³-hybridized carbons (Fsp3) is 0.485. The number of allylic oxidation sites excluding steroid dienone is 2. The topological polar surface area (TPSA) is 99.8 Å². The molecule has 3 aliphatic heterocycles. The predicted molar refractivity (Wildman–Crippen MR) is 159 cm³/mol. The maximum atomic E-state index is 13.9. The zero-order chi connectivity index (χ0) is 29.5. The fourth-order valence-corrected chi connectivity index (χ4v) is 6.27. The number of ether oxygens (including phenoxy) is 1. The lowest BCUT2D eigenvalue weighted by Gasteiger charge is -2.40. The first-order chi connectivity index (χ1) is 20.3. The Morgan fingerprint density at radius 1 is 1.10 bits per heavy atom. The van der Waals surface area contributed by atoms with E-state index in [4.69, 9.17) is 4.74 Å². The highest BCUT2D eigenvalue weighted by Crippen LogP contribution is 2.36. The van der Waals surface area contributed by atoms with Gasteiger partial charge in [-0.15, -0.1) is 0 Å². The summed E-state index contributed by atoms with van der Waals surface area (Å²) in [4.78, 5) is 42.3. The van der Waals surface area contributed by atoms with E-state index in [2.05, 4.69) is 33.0 Å². The van der Waals surface area contributed by atoms with Crippen LogP contribution in [-0.4, -0.2) is 67.6 Å². The van der Waals surface area contributed by atoms with E-state index in [0.29, 0.717) is 69.7 Å². The van der Waals surface area contributed by atoms with Gasteiger partial charge in [0.05, 0.1) is 12.0 Å². The van der Waals surface area contributed by atoms with Crippen LogP contribution in [0, 0.1) is 24.1 Å². The average molecular weight is 577 g/mol. The molecule has 9 heteroatoms. The minimum atomic E-state index is -0.692. The Bertz CT molecular complexity index is 1290. The molecule has 8 nitrogen and oxygen atoms in total. The Morgan fingerprint density at radius 3 is 2.64 bits per heavy atom. The summed E-state index contributed by atoms with van der Waals surface area (Å²) in [5.74, 6) is -0.716. The van der Waals surface area contributed by atoms with Gasteiger partial charge in [0.2, 0.25) is 17.7 Å². The summed E-state index contributed by atoms with van der Waals surface area (Å²) in [6, 6.07) is 13.7. The van der Waals surface area contributed by atoms with Gasteiger partial charge in [-0.1, -0.05) is 48.6 Å². The van der Waals surface area contributed by atoms with E-state index in [0.717, 1.165) is 12.0 Å². The van der Waals surface area contributed by atoms with E-state index in [1.54, 1.807) is 19.1 Å². The molecular formula is C33H41FN4O4.